The normalized spacial score (nSPS) is 21.9. The van der Waals surface area contributed by atoms with Crippen molar-refractivity contribution in [2.24, 2.45) is 0 Å². The summed E-state index contributed by atoms with van der Waals surface area (Å²) in [5.74, 6) is -0.714. The number of carboxylic acid groups (broad SMARTS) is 1. The van der Waals surface area contributed by atoms with E-state index >= 15 is 0 Å². The highest BCUT2D eigenvalue weighted by Gasteiger charge is 2.25. The van der Waals surface area contributed by atoms with Crippen LogP contribution in [0.5, 0.6) is 0 Å². The van der Waals surface area contributed by atoms with E-state index in [-0.39, 0.29) is 12.5 Å². The zero-order valence-corrected chi connectivity index (χ0v) is 10.7. The lowest BCUT2D eigenvalue weighted by molar-refractivity contribution is -0.138. The fourth-order valence-electron chi connectivity index (χ4n) is 2.42. The molecule has 4 nitrogen and oxygen atoms in total. The van der Waals surface area contributed by atoms with Crippen molar-refractivity contribution in [3.63, 3.8) is 0 Å². The van der Waals surface area contributed by atoms with Gasteiger partial charge in [-0.25, -0.2) is 0 Å². The highest BCUT2D eigenvalue weighted by atomic mass is 16.4. The van der Waals surface area contributed by atoms with Crippen molar-refractivity contribution < 1.29 is 9.90 Å². The van der Waals surface area contributed by atoms with E-state index in [1.807, 2.05) is 25.2 Å². The molecule has 0 saturated carbocycles. The molecule has 0 spiro atoms. The predicted molar refractivity (Wildman–Crippen MR) is 70.4 cm³/mol. The first kappa shape index (κ1) is 13.1. The van der Waals surface area contributed by atoms with Crippen molar-refractivity contribution in [1.29, 1.82) is 0 Å². The highest BCUT2D eigenvalue weighted by molar-refractivity contribution is 5.67. The Labute approximate surface area is 108 Å². The molecule has 4 heteroatoms. The number of carbonyl (C=O) groups is 1. The third-order valence-electron chi connectivity index (χ3n) is 3.52. The molecule has 1 N–H and O–H groups in total. The minimum atomic E-state index is -0.714. The summed E-state index contributed by atoms with van der Waals surface area (Å²) in [4.78, 5) is 15.3. The van der Waals surface area contributed by atoms with Crippen molar-refractivity contribution >= 4 is 5.97 Å². The van der Waals surface area contributed by atoms with Gasteiger partial charge in [-0.2, -0.15) is 0 Å². The van der Waals surface area contributed by atoms with Crippen LogP contribution >= 0.6 is 0 Å². The zero-order valence-electron chi connectivity index (χ0n) is 10.7. The lowest BCUT2D eigenvalue weighted by Crippen LogP contribution is -2.51. The quantitative estimate of drug-likeness (QED) is 0.871. The lowest BCUT2D eigenvalue weighted by atomic mass is 10.1. The summed E-state index contributed by atoms with van der Waals surface area (Å²) in [5.41, 5.74) is 1.29. The van der Waals surface area contributed by atoms with Crippen molar-refractivity contribution in [2.75, 3.05) is 26.7 Å². The minimum absolute atomic E-state index is 0.125. The lowest BCUT2D eigenvalue weighted by Gasteiger charge is -2.38. The molecule has 1 aliphatic rings. The minimum Gasteiger partial charge on any atom is -0.481 e. The van der Waals surface area contributed by atoms with E-state index in [9.17, 15) is 4.79 Å². The SMILES string of the molecule is CN1CCN(Cc2ccccc2)C[C@H]1CC(=O)O. The summed E-state index contributed by atoms with van der Waals surface area (Å²) in [6.45, 7) is 3.68. The number of rotatable bonds is 4. The van der Waals surface area contributed by atoms with Gasteiger partial charge in [0.05, 0.1) is 6.42 Å². The molecule has 1 heterocycles. The Balaban J connectivity index is 1.93. The van der Waals surface area contributed by atoms with Crippen molar-refractivity contribution in [2.45, 2.75) is 19.0 Å². The Kier molecular flexibility index (Phi) is 4.33. The Morgan fingerprint density at radius 3 is 2.72 bits per heavy atom. The maximum Gasteiger partial charge on any atom is 0.304 e. The second-order valence-corrected chi connectivity index (χ2v) is 4.95. The maximum atomic E-state index is 10.8. The highest BCUT2D eigenvalue weighted by Crippen LogP contribution is 2.14. The fourth-order valence-corrected chi connectivity index (χ4v) is 2.42. The van der Waals surface area contributed by atoms with Gasteiger partial charge in [-0.15, -0.1) is 0 Å². The Hall–Kier alpha value is -1.39. The summed E-state index contributed by atoms with van der Waals surface area (Å²) in [5, 5.41) is 8.91. The van der Waals surface area contributed by atoms with E-state index in [0.29, 0.717) is 0 Å². The van der Waals surface area contributed by atoms with Crippen LogP contribution in [0.2, 0.25) is 0 Å². The molecule has 0 unspecified atom stereocenters. The van der Waals surface area contributed by atoms with E-state index in [2.05, 4.69) is 21.9 Å². The first-order chi connectivity index (χ1) is 8.65. The van der Waals surface area contributed by atoms with Crippen LogP contribution in [0.3, 0.4) is 0 Å². The molecule has 1 atom stereocenters. The summed E-state index contributed by atoms with van der Waals surface area (Å²) in [7, 11) is 2.01. The number of piperazine rings is 1. The molecular formula is C14H20N2O2. The molecule has 0 radical (unpaired) electrons. The van der Waals surface area contributed by atoms with E-state index in [1.165, 1.54) is 5.56 Å². The van der Waals surface area contributed by atoms with Gasteiger partial charge >= 0.3 is 5.97 Å². The number of benzene rings is 1. The number of nitrogens with zero attached hydrogens (tertiary/aromatic N) is 2. The van der Waals surface area contributed by atoms with Gasteiger partial charge in [0.1, 0.15) is 0 Å². The monoisotopic (exact) mass is 248 g/mol. The average molecular weight is 248 g/mol. The van der Waals surface area contributed by atoms with Crippen LogP contribution in [0.1, 0.15) is 12.0 Å². The van der Waals surface area contributed by atoms with Crippen molar-refractivity contribution in [3.8, 4) is 0 Å². The van der Waals surface area contributed by atoms with Gasteiger partial charge in [-0.1, -0.05) is 30.3 Å². The topological polar surface area (TPSA) is 43.8 Å². The van der Waals surface area contributed by atoms with Gasteiger partial charge in [-0.05, 0) is 12.6 Å². The summed E-state index contributed by atoms with van der Waals surface area (Å²) >= 11 is 0. The van der Waals surface area contributed by atoms with Crippen LogP contribution < -0.4 is 0 Å². The van der Waals surface area contributed by atoms with Gasteiger partial charge < -0.3 is 10.0 Å². The number of carboxylic acids is 1. The molecule has 1 aromatic rings. The van der Waals surface area contributed by atoms with Crippen LogP contribution in [-0.2, 0) is 11.3 Å². The van der Waals surface area contributed by atoms with Gasteiger partial charge in [0, 0.05) is 32.2 Å². The van der Waals surface area contributed by atoms with E-state index < -0.39 is 5.97 Å². The third kappa shape index (κ3) is 3.55. The van der Waals surface area contributed by atoms with Gasteiger partial charge in [0.15, 0.2) is 0 Å². The second-order valence-electron chi connectivity index (χ2n) is 4.95. The van der Waals surface area contributed by atoms with E-state index in [4.69, 9.17) is 5.11 Å². The smallest absolute Gasteiger partial charge is 0.304 e. The van der Waals surface area contributed by atoms with Crippen LogP contribution in [0.25, 0.3) is 0 Å². The molecule has 2 rings (SSSR count). The molecule has 1 saturated heterocycles. The largest absolute Gasteiger partial charge is 0.481 e. The van der Waals surface area contributed by atoms with Crippen molar-refractivity contribution in [1.82, 2.24) is 9.80 Å². The number of likely N-dealkylation sites (N-methyl/N-ethyl adjacent to an activating group) is 1. The summed E-state index contributed by atoms with van der Waals surface area (Å²) in [6, 6.07) is 10.5. The zero-order chi connectivity index (χ0) is 13.0. The molecule has 18 heavy (non-hydrogen) atoms. The molecule has 1 aliphatic heterocycles. The molecule has 1 aromatic carbocycles. The molecule has 0 aliphatic carbocycles. The maximum absolute atomic E-state index is 10.8. The number of hydrogen-bond donors (Lipinski definition) is 1. The van der Waals surface area contributed by atoms with Gasteiger partial charge in [0.25, 0.3) is 0 Å². The first-order valence-electron chi connectivity index (χ1n) is 6.33. The molecule has 0 bridgehead atoms. The summed E-state index contributed by atoms with van der Waals surface area (Å²) < 4.78 is 0. The second kappa shape index (κ2) is 5.98. The van der Waals surface area contributed by atoms with E-state index in [1.54, 1.807) is 0 Å². The van der Waals surface area contributed by atoms with Crippen LogP contribution in [0.4, 0.5) is 0 Å². The van der Waals surface area contributed by atoms with Crippen molar-refractivity contribution in [3.05, 3.63) is 35.9 Å². The Morgan fingerprint density at radius 1 is 1.33 bits per heavy atom. The molecule has 1 fully saturated rings. The number of aliphatic carboxylic acids is 1. The predicted octanol–water partition coefficient (Wildman–Crippen LogP) is 1.28. The standard InChI is InChI=1S/C14H20N2O2/c1-15-7-8-16(11-13(15)9-14(17)18)10-12-5-3-2-4-6-12/h2-6,13H,7-11H2,1H3,(H,17,18)/t13-/m1/s1. The molecule has 0 amide bonds. The van der Waals surface area contributed by atoms with Crippen LogP contribution in [0.15, 0.2) is 30.3 Å². The van der Waals surface area contributed by atoms with Crippen LogP contribution in [-0.4, -0.2) is 53.6 Å². The molecular weight excluding hydrogens is 228 g/mol. The van der Waals surface area contributed by atoms with Gasteiger partial charge in [0.2, 0.25) is 0 Å². The molecule has 0 aromatic heterocycles. The first-order valence-corrected chi connectivity index (χ1v) is 6.33. The van der Waals surface area contributed by atoms with Gasteiger partial charge in [-0.3, -0.25) is 9.69 Å². The van der Waals surface area contributed by atoms with E-state index in [0.717, 1.165) is 26.2 Å². The number of hydrogen-bond acceptors (Lipinski definition) is 3. The third-order valence-corrected chi connectivity index (χ3v) is 3.52. The Morgan fingerprint density at radius 2 is 2.06 bits per heavy atom. The molecule has 98 valence electrons. The van der Waals surface area contributed by atoms with Crippen LogP contribution in [0, 0.1) is 0 Å². The average Bonchev–Trinajstić information content (AvgIpc) is 2.34. The fraction of sp³-hybridized carbons (Fsp3) is 0.500. The summed E-state index contributed by atoms with van der Waals surface area (Å²) in [6.07, 6.45) is 0.224. The Bertz CT molecular complexity index is 394.